The Hall–Kier alpha value is -3.73. The number of fused-ring (bicyclic) bond motifs is 2. The number of nitrogen functional groups attached to an aromatic ring is 1. The van der Waals surface area contributed by atoms with Crippen molar-refractivity contribution in [2.45, 2.75) is 12.8 Å². The highest BCUT2D eigenvalue weighted by molar-refractivity contribution is 5.69. The molecule has 0 saturated heterocycles. The normalized spacial score (nSPS) is 14.7. The van der Waals surface area contributed by atoms with Gasteiger partial charge in [0.1, 0.15) is 17.4 Å². The van der Waals surface area contributed by atoms with E-state index in [4.69, 9.17) is 15.2 Å². The Balaban J connectivity index is 2.02. The number of aryl methyl sites for hydroxylation is 1. The molecule has 0 unspecified atom stereocenters. The SMILES string of the molecule is COc1ccc([C@H]2c3c(n[nH]c3C)Oc3[nH]c(=O)c(C#N)c(N)c32)cc1. The highest BCUT2D eigenvalue weighted by Crippen LogP contribution is 2.49. The lowest BCUT2D eigenvalue weighted by molar-refractivity contribution is 0.413. The zero-order valence-electron chi connectivity index (χ0n) is 14.1. The Labute approximate surface area is 148 Å². The number of pyridine rings is 1. The first-order valence-corrected chi connectivity index (χ1v) is 7.87. The molecule has 8 heteroatoms. The number of nitrogens with two attached hydrogens (primary N) is 1. The monoisotopic (exact) mass is 349 g/mol. The molecule has 2 aromatic heterocycles. The van der Waals surface area contributed by atoms with E-state index in [2.05, 4.69) is 15.2 Å². The summed E-state index contributed by atoms with van der Waals surface area (Å²) in [6.45, 7) is 1.88. The maximum atomic E-state index is 12.1. The highest BCUT2D eigenvalue weighted by Gasteiger charge is 2.36. The van der Waals surface area contributed by atoms with Gasteiger partial charge in [-0.15, -0.1) is 5.10 Å². The Morgan fingerprint density at radius 3 is 2.69 bits per heavy atom. The number of aromatic nitrogens is 3. The van der Waals surface area contributed by atoms with Crippen molar-refractivity contribution in [2.75, 3.05) is 12.8 Å². The molecule has 1 aliphatic rings. The van der Waals surface area contributed by atoms with E-state index in [-0.39, 0.29) is 23.0 Å². The first kappa shape index (κ1) is 15.8. The predicted octanol–water partition coefficient (Wildman–Crippen LogP) is 2.15. The predicted molar refractivity (Wildman–Crippen MR) is 93.5 cm³/mol. The van der Waals surface area contributed by atoms with Gasteiger partial charge in [0.05, 0.1) is 12.8 Å². The molecule has 4 N–H and O–H groups in total. The van der Waals surface area contributed by atoms with Gasteiger partial charge < -0.3 is 15.2 Å². The van der Waals surface area contributed by atoms with Gasteiger partial charge in [0.15, 0.2) is 0 Å². The molecule has 0 spiro atoms. The number of hydrogen-bond donors (Lipinski definition) is 3. The molecule has 0 bridgehead atoms. The number of hydrogen-bond acceptors (Lipinski definition) is 6. The number of nitriles is 1. The van der Waals surface area contributed by atoms with Crippen molar-refractivity contribution < 1.29 is 9.47 Å². The van der Waals surface area contributed by atoms with Crippen LogP contribution in [-0.4, -0.2) is 22.3 Å². The number of rotatable bonds is 2. The van der Waals surface area contributed by atoms with Gasteiger partial charge in [-0.2, -0.15) is 5.26 Å². The molecular formula is C18H15N5O3. The number of H-pyrrole nitrogens is 2. The summed E-state index contributed by atoms with van der Waals surface area (Å²) in [6, 6.07) is 9.36. The fourth-order valence-electron chi connectivity index (χ4n) is 3.29. The van der Waals surface area contributed by atoms with Gasteiger partial charge in [0.2, 0.25) is 11.8 Å². The van der Waals surface area contributed by atoms with Crippen LogP contribution >= 0.6 is 0 Å². The first-order chi connectivity index (χ1) is 12.5. The van der Waals surface area contributed by atoms with E-state index in [1.807, 2.05) is 37.3 Å². The van der Waals surface area contributed by atoms with Crippen LogP contribution in [0.25, 0.3) is 0 Å². The van der Waals surface area contributed by atoms with Crippen LogP contribution in [0.3, 0.4) is 0 Å². The highest BCUT2D eigenvalue weighted by atomic mass is 16.5. The van der Waals surface area contributed by atoms with Crippen molar-refractivity contribution in [3.05, 3.63) is 62.6 Å². The lowest BCUT2D eigenvalue weighted by Crippen LogP contribution is -2.22. The Kier molecular flexibility index (Phi) is 3.44. The molecule has 0 saturated carbocycles. The second-order valence-electron chi connectivity index (χ2n) is 5.97. The Morgan fingerprint density at radius 2 is 2.04 bits per heavy atom. The minimum atomic E-state index is -0.590. The van der Waals surface area contributed by atoms with Gasteiger partial charge in [0, 0.05) is 22.7 Å². The van der Waals surface area contributed by atoms with E-state index in [9.17, 15) is 10.1 Å². The molecule has 0 aliphatic carbocycles. The van der Waals surface area contributed by atoms with Crippen LogP contribution in [-0.2, 0) is 0 Å². The molecule has 4 rings (SSSR count). The first-order valence-electron chi connectivity index (χ1n) is 7.87. The number of methoxy groups -OCH3 is 1. The summed E-state index contributed by atoms with van der Waals surface area (Å²) in [5.41, 5.74) is 8.66. The van der Waals surface area contributed by atoms with Gasteiger partial charge in [0.25, 0.3) is 5.56 Å². The molecule has 8 nitrogen and oxygen atoms in total. The van der Waals surface area contributed by atoms with E-state index < -0.39 is 5.56 Å². The van der Waals surface area contributed by atoms with Gasteiger partial charge in [-0.05, 0) is 24.6 Å². The summed E-state index contributed by atoms with van der Waals surface area (Å²) in [7, 11) is 1.60. The molecule has 3 heterocycles. The molecule has 1 aliphatic heterocycles. The van der Waals surface area contributed by atoms with E-state index >= 15 is 0 Å². The van der Waals surface area contributed by atoms with Crippen LogP contribution in [0.2, 0.25) is 0 Å². The molecule has 130 valence electrons. The summed E-state index contributed by atoms with van der Waals surface area (Å²) in [4.78, 5) is 14.7. The number of anilines is 1. The smallest absolute Gasteiger partial charge is 0.270 e. The number of aromatic amines is 2. The van der Waals surface area contributed by atoms with E-state index in [0.717, 1.165) is 22.6 Å². The average molecular weight is 349 g/mol. The summed E-state index contributed by atoms with van der Waals surface area (Å²) >= 11 is 0. The molecule has 0 fully saturated rings. The van der Waals surface area contributed by atoms with Crippen LogP contribution in [0.5, 0.6) is 17.5 Å². The third kappa shape index (κ3) is 2.14. The lowest BCUT2D eigenvalue weighted by atomic mass is 9.83. The maximum absolute atomic E-state index is 12.1. The van der Waals surface area contributed by atoms with Crippen molar-refractivity contribution in [3.63, 3.8) is 0 Å². The second kappa shape index (κ2) is 5.67. The van der Waals surface area contributed by atoms with Crippen LogP contribution in [0.15, 0.2) is 29.1 Å². The third-order valence-corrected chi connectivity index (χ3v) is 4.55. The van der Waals surface area contributed by atoms with Crippen LogP contribution in [0, 0.1) is 18.3 Å². The zero-order chi connectivity index (χ0) is 18.4. The Bertz CT molecular complexity index is 1110. The van der Waals surface area contributed by atoms with Crippen LogP contribution < -0.4 is 20.8 Å². The number of nitrogens with zero attached hydrogens (tertiary/aromatic N) is 2. The number of nitrogens with one attached hydrogen (secondary N) is 2. The van der Waals surface area contributed by atoms with Crippen molar-refractivity contribution >= 4 is 5.69 Å². The van der Waals surface area contributed by atoms with Crippen molar-refractivity contribution in [1.82, 2.24) is 15.2 Å². The molecule has 0 amide bonds. The van der Waals surface area contributed by atoms with Crippen molar-refractivity contribution in [3.8, 4) is 23.6 Å². The van der Waals surface area contributed by atoms with Crippen LogP contribution in [0.4, 0.5) is 5.69 Å². The van der Waals surface area contributed by atoms with Gasteiger partial charge in [-0.3, -0.25) is 14.9 Å². The lowest BCUT2D eigenvalue weighted by Gasteiger charge is -2.27. The quantitative estimate of drug-likeness (QED) is 0.508. The van der Waals surface area contributed by atoms with E-state index in [1.54, 1.807) is 7.11 Å². The molecule has 1 aromatic carbocycles. The van der Waals surface area contributed by atoms with Gasteiger partial charge >= 0.3 is 0 Å². The fourth-order valence-corrected chi connectivity index (χ4v) is 3.29. The summed E-state index contributed by atoms with van der Waals surface area (Å²) in [5, 5.41) is 16.4. The zero-order valence-corrected chi connectivity index (χ0v) is 14.1. The largest absolute Gasteiger partial charge is 0.497 e. The summed E-state index contributed by atoms with van der Waals surface area (Å²) in [6.07, 6.45) is 0. The molecule has 0 radical (unpaired) electrons. The summed E-state index contributed by atoms with van der Waals surface area (Å²) < 4.78 is 11.0. The van der Waals surface area contributed by atoms with Crippen molar-refractivity contribution in [2.24, 2.45) is 0 Å². The maximum Gasteiger partial charge on any atom is 0.270 e. The number of ether oxygens (including phenoxy) is 2. The third-order valence-electron chi connectivity index (χ3n) is 4.55. The molecule has 3 aromatic rings. The minimum absolute atomic E-state index is 0.110. The Morgan fingerprint density at radius 1 is 1.31 bits per heavy atom. The average Bonchev–Trinajstić information content (AvgIpc) is 3.01. The molecular weight excluding hydrogens is 334 g/mol. The van der Waals surface area contributed by atoms with Crippen molar-refractivity contribution in [1.29, 1.82) is 5.26 Å². The molecule has 26 heavy (non-hydrogen) atoms. The second-order valence-corrected chi connectivity index (χ2v) is 5.97. The number of benzene rings is 1. The summed E-state index contributed by atoms with van der Waals surface area (Å²) in [5.74, 6) is 0.946. The fraction of sp³-hybridized carbons (Fsp3) is 0.167. The molecule has 1 atom stereocenters. The van der Waals surface area contributed by atoms with Gasteiger partial charge in [-0.25, -0.2) is 0 Å². The van der Waals surface area contributed by atoms with E-state index in [1.165, 1.54) is 0 Å². The van der Waals surface area contributed by atoms with Gasteiger partial charge in [-0.1, -0.05) is 12.1 Å². The van der Waals surface area contributed by atoms with E-state index in [0.29, 0.717) is 11.4 Å². The topological polar surface area (TPSA) is 130 Å². The standard InChI is InChI=1S/C18H15N5O3/c1-8-12-13(9-3-5-10(25-2)6-4-9)14-15(20)11(7-19)16(24)21-17(14)26-18(12)23-22-8/h3-6,13H,1-2H3,(H,22,23)(H3,20,21,24)/t13-/m0/s1. The minimum Gasteiger partial charge on any atom is -0.497 e. The van der Waals surface area contributed by atoms with Crippen LogP contribution in [0.1, 0.15) is 33.9 Å².